The number of aliphatic hydroxyl groups is 1. The molecule has 10 heteroatoms. The molecule has 190 valence electrons. The minimum atomic E-state index is -0.739. The van der Waals surface area contributed by atoms with Crippen LogP contribution >= 0.6 is 11.6 Å². The summed E-state index contributed by atoms with van der Waals surface area (Å²) in [5, 5.41) is 19.5. The smallest absolute Gasteiger partial charge is 0.411 e. The zero-order chi connectivity index (χ0) is 25.8. The van der Waals surface area contributed by atoms with Crippen molar-refractivity contribution in [1.29, 1.82) is 0 Å². The molecule has 1 aliphatic rings. The fourth-order valence-corrected chi connectivity index (χ4v) is 4.77. The summed E-state index contributed by atoms with van der Waals surface area (Å²) in [7, 11) is 0. The summed E-state index contributed by atoms with van der Waals surface area (Å²) < 4.78 is 12.7. The van der Waals surface area contributed by atoms with Crippen LogP contribution in [-0.2, 0) is 17.7 Å². The highest BCUT2D eigenvalue weighted by Gasteiger charge is 2.35. The third-order valence-corrected chi connectivity index (χ3v) is 6.51. The van der Waals surface area contributed by atoms with Gasteiger partial charge >= 0.3 is 6.09 Å². The van der Waals surface area contributed by atoms with E-state index in [1.165, 1.54) is 0 Å². The number of hydrogen-bond acceptors (Lipinski definition) is 6. The van der Waals surface area contributed by atoms with Gasteiger partial charge in [0.2, 0.25) is 0 Å². The first kappa shape index (κ1) is 24.7. The number of carbonyl (C=O) groups is 1. The Morgan fingerprint density at radius 3 is 2.89 bits per heavy atom. The fourth-order valence-electron chi connectivity index (χ4n) is 4.59. The van der Waals surface area contributed by atoms with Gasteiger partial charge in [-0.2, -0.15) is 0 Å². The van der Waals surface area contributed by atoms with Crippen LogP contribution < -0.4 is 4.74 Å². The number of fused-ring (bicyclic) bond motifs is 3. The molecule has 5 rings (SSSR count). The van der Waals surface area contributed by atoms with Gasteiger partial charge < -0.3 is 19.6 Å². The molecule has 2 atom stereocenters. The first-order valence-electron chi connectivity index (χ1n) is 11.9. The predicted molar refractivity (Wildman–Crippen MR) is 138 cm³/mol. The van der Waals surface area contributed by atoms with E-state index in [0.29, 0.717) is 23.7 Å². The van der Waals surface area contributed by atoms with E-state index in [1.54, 1.807) is 28.9 Å². The maximum absolute atomic E-state index is 13.0. The molecule has 0 bridgehead atoms. The Morgan fingerprint density at radius 1 is 1.30 bits per heavy atom. The lowest BCUT2D eigenvalue weighted by atomic mass is 9.92. The van der Waals surface area contributed by atoms with E-state index in [-0.39, 0.29) is 25.8 Å². The SMILES string of the molecule is CC#CCOC(=O)N1CCc2c([nH]c3ccc(Cl)cc23)C1c1ccc(OCC(O)Cn2ccnn2)cc1. The lowest BCUT2D eigenvalue weighted by Crippen LogP contribution is -2.41. The number of H-pyrrole nitrogens is 1. The highest BCUT2D eigenvalue weighted by molar-refractivity contribution is 6.31. The number of nitrogens with zero attached hydrogens (tertiary/aromatic N) is 4. The average molecular weight is 520 g/mol. The van der Waals surface area contributed by atoms with Crippen molar-refractivity contribution in [3.05, 3.63) is 76.7 Å². The number of aromatic nitrogens is 4. The van der Waals surface area contributed by atoms with Crippen LogP contribution in [0.3, 0.4) is 0 Å². The van der Waals surface area contributed by atoms with Crippen molar-refractivity contribution in [2.45, 2.75) is 32.0 Å². The van der Waals surface area contributed by atoms with Gasteiger partial charge in [0.25, 0.3) is 0 Å². The van der Waals surface area contributed by atoms with Gasteiger partial charge in [0.05, 0.1) is 12.7 Å². The number of ether oxygens (including phenoxy) is 2. The van der Waals surface area contributed by atoms with Gasteiger partial charge in [-0.1, -0.05) is 34.9 Å². The van der Waals surface area contributed by atoms with Crippen molar-refractivity contribution in [2.24, 2.45) is 0 Å². The van der Waals surface area contributed by atoms with Crippen LogP contribution in [0.15, 0.2) is 54.9 Å². The predicted octanol–water partition coefficient (Wildman–Crippen LogP) is 3.96. The molecule has 37 heavy (non-hydrogen) atoms. The van der Waals surface area contributed by atoms with Crippen LogP contribution in [0.4, 0.5) is 4.79 Å². The third kappa shape index (κ3) is 5.40. The van der Waals surface area contributed by atoms with Gasteiger partial charge in [-0.05, 0) is 54.8 Å². The minimum Gasteiger partial charge on any atom is -0.491 e. The Balaban J connectivity index is 1.39. The van der Waals surface area contributed by atoms with Crippen LogP contribution in [0, 0.1) is 11.8 Å². The monoisotopic (exact) mass is 519 g/mol. The van der Waals surface area contributed by atoms with Gasteiger partial charge in [0.15, 0.2) is 6.61 Å². The Hall–Kier alpha value is -4.00. The van der Waals surface area contributed by atoms with Crippen LogP contribution in [-0.4, -0.2) is 61.9 Å². The van der Waals surface area contributed by atoms with E-state index in [9.17, 15) is 9.90 Å². The zero-order valence-corrected chi connectivity index (χ0v) is 21.0. The summed E-state index contributed by atoms with van der Waals surface area (Å²) in [5.41, 5.74) is 3.93. The van der Waals surface area contributed by atoms with Crippen LogP contribution in [0.25, 0.3) is 10.9 Å². The molecule has 9 nitrogen and oxygen atoms in total. The average Bonchev–Trinajstić information content (AvgIpc) is 3.55. The number of aromatic amines is 1. The van der Waals surface area contributed by atoms with Crippen molar-refractivity contribution in [3.63, 3.8) is 0 Å². The fraction of sp³-hybridized carbons (Fsp3) is 0.296. The molecule has 0 fully saturated rings. The first-order valence-corrected chi connectivity index (χ1v) is 12.3. The Labute approximate surface area is 218 Å². The summed E-state index contributed by atoms with van der Waals surface area (Å²) in [6, 6.07) is 12.9. The zero-order valence-electron chi connectivity index (χ0n) is 20.2. The second kappa shape index (κ2) is 10.9. The van der Waals surface area contributed by atoms with E-state index in [1.807, 2.05) is 42.5 Å². The summed E-state index contributed by atoms with van der Waals surface area (Å²) in [5.74, 6) is 6.12. The minimum absolute atomic E-state index is 0.0391. The molecule has 0 saturated heterocycles. The first-order chi connectivity index (χ1) is 18.0. The molecule has 0 spiro atoms. The lowest BCUT2D eigenvalue weighted by Gasteiger charge is -2.35. The van der Waals surface area contributed by atoms with Crippen LogP contribution in [0.5, 0.6) is 5.75 Å². The summed E-state index contributed by atoms with van der Waals surface area (Å²) in [4.78, 5) is 18.3. The highest BCUT2D eigenvalue weighted by atomic mass is 35.5. The van der Waals surface area contributed by atoms with Crippen molar-refractivity contribution in [1.82, 2.24) is 24.9 Å². The van der Waals surface area contributed by atoms with Crippen molar-refractivity contribution < 1.29 is 19.4 Å². The number of carbonyl (C=O) groups excluding carboxylic acids is 1. The molecule has 1 amide bonds. The molecule has 0 radical (unpaired) electrons. The van der Waals surface area contributed by atoms with Gasteiger partial charge in [0, 0.05) is 34.4 Å². The molecule has 2 aromatic carbocycles. The quantitative estimate of drug-likeness (QED) is 0.358. The van der Waals surface area contributed by atoms with Crippen molar-refractivity contribution >= 4 is 28.6 Å². The van der Waals surface area contributed by atoms with E-state index in [0.717, 1.165) is 27.7 Å². The number of benzene rings is 2. The van der Waals surface area contributed by atoms with Gasteiger partial charge in [-0.3, -0.25) is 4.90 Å². The number of rotatable bonds is 7. The number of halogens is 1. The molecule has 4 aromatic rings. The maximum Gasteiger partial charge on any atom is 0.411 e. The highest BCUT2D eigenvalue weighted by Crippen LogP contribution is 2.39. The molecule has 2 N–H and O–H groups in total. The molecule has 2 unspecified atom stereocenters. The molecular weight excluding hydrogens is 494 g/mol. The number of hydrogen-bond donors (Lipinski definition) is 2. The van der Waals surface area contributed by atoms with E-state index in [2.05, 4.69) is 27.1 Å². The standard InChI is InChI=1S/C27H26ClN5O4/c1-2-3-14-36-27(35)33-12-10-22-23-15-19(28)6-9-24(23)30-25(22)26(33)18-4-7-21(8-5-18)37-17-20(34)16-32-13-11-29-31-32/h4-9,11,13,15,20,26,30,34H,10,12,14,16-17H2,1H3. The van der Waals surface area contributed by atoms with Crippen LogP contribution in [0.1, 0.15) is 29.8 Å². The van der Waals surface area contributed by atoms with E-state index < -0.39 is 12.2 Å². The Kier molecular flexibility index (Phi) is 7.30. The largest absolute Gasteiger partial charge is 0.491 e. The summed E-state index contributed by atoms with van der Waals surface area (Å²) in [6.45, 7) is 2.62. The molecule has 0 saturated carbocycles. The number of amides is 1. The second-order valence-corrected chi connectivity index (χ2v) is 9.13. The Bertz CT molecular complexity index is 1440. The van der Waals surface area contributed by atoms with Crippen molar-refractivity contribution in [3.8, 4) is 17.6 Å². The van der Waals surface area contributed by atoms with Crippen molar-refractivity contribution in [2.75, 3.05) is 19.8 Å². The second-order valence-electron chi connectivity index (χ2n) is 8.69. The normalized spacial score (nSPS) is 15.5. The molecule has 2 aromatic heterocycles. The molecule has 1 aliphatic heterocycles. The molecule has 3 heterocycles. The third-order valence-electron chi connectivity index (χ3n) is 6.28. The van der Waals surface area contributed by atoms with Crippen LogP contribution in [0.2, 0.25) is 5.02 Å². The van der Waals surface area contributed by atoms with E-state index in [4.69, 9.17) is 21.1 Å². The van der Waals surface area contributed by atoms with E-state index >= 15 is 0 Å². The van der Waals surface area contributed by atoms with Gasteiger partial charge in [0.1, 0.15) is 24.5 Å². The maximum atomic E-state index is 13.0. The molecular formula is C27H26ClN5O4. The van der Waals surface area contributed by atoms with Gasteiger partial charge in [-0.15, -0.1) is 11.0 Å². The Morgan fingerprint density at radius 2 is 2.14 bits per heavy atom. The van der Waals surface area contributed by atoms with Gasteiger partial charge in [-0.25, -0.2) is 9.48 Å². The summed E-state index contributed by atoms with van der Waals surface area (Å²) in [6.07, 6.45) is 2.75. The lowest BCUT2D eigenvalue weighted by molar-refractivity contribution is 0.0886. The summed E-state index contributed by atoms with van der Waals surface area (Å²) >= 11 is 6.28. The topological polar surface area (TPSA) is 106 Å². The number of nitrogens with one attached hydrogen (secondary N) is 1. The number of aliphatic hydroxyl groups excluding tert-OH is 1. The molecule has 0 aliphatic carbocycles.